The second kappa shape index (κ2) is 5.57. The lowest BCUT2D eigenvalue weighted by atomic mass is 10.0. The Morgan fingerprint density at radius 2 is 1.88 bits per heavy atom. The van der Waals surface area contributed by atoms with Crippen LogP contribution >= 0.6 is 0 Å². The van der Waals surface area contributed by atoms with Gasteiger partial charge in [0.15, 0.2) is 0 Å². The molecule has 0 heterocycles. The van der Waals surface area contributed by atoms with Gasteiger partial charge in [0, 0.05) is 17.8 Å². The van der Waals surface area contributed by atoms with Crippen LogP contribution in [-0.2, 0) is 0 Å². The number of hydrogen-bond donors (Lipinski definition) is 3. The number of phenolic OH excluding ortho intramolecular Hbond substituents is 1. The fraction of sp³-hybridized carbons (Fsp3) is 0.462. The summed E-state index contributed by atoms with van der Waals surface area (Å²) >= 11 is 0. The third kappa shape index (κ3) is 3.98. The van der Waals surface area contributed by atoms with Crippen molar-refractivity contribution >= 4 is 11.7 Å². The molecule has 1 rings (SSSR count). The van der Waals surface area contributed by atoms with Crippen LogP contribution in [0.1, 0.15) is 39.2 Å². The van der Waals surface area contributed by atoms with Gasteiger partial charge < -0.3 is 15.7 Å². The Kier molecular flexibility index (Phi) is 4.37. The molecule has 0 radical (unpaired) electrons. The summed E-state index contributed by atoms with van der Waals surface area (Å²) in [7, 11) is 0. The molecule has 0 atom stereocenters. The molecule has 4 heteroatoms. The molecule has 4 nitrogen and oxygen atoms in total. The van der Waals surface area contributed by atoms with Gasteiger partial charge >= 0.3 is 6.03 Å². The van der Waals surface area contributed by atoms with E-state index in [9.17, 15) is 9.90 Å². The summed E-state index contributed by atoms with van der Waals surface area (Å²) < 4.78 is 0. The Morgan fingerprint density at radius 1 is 1.24 bits per heavy atom. The topological polar surface area (TPSA) is 61.4 Å². The number of carbonyl (C=O) groups is 1. The Labute approximate surface area is 102 Å². The molecule has 3 N–H and O–H groups in total. The smallest absolute Gasteiger partial charge is 0.319 e. The zero-order chi connectivity index (χ0) is 13.0. The van der Waals surface area contributed by atoms with Crippen molar-refractivity contribution in [2.45, 2.75) is 39.7 Å². The third-order valence-corrected chi connectivity index (χ3v) is 2.33. The summed E-state index contributed by atoms with van der Waals surface area (Å²) in [5.41, 5.74) is 1.46. The molecule has 94 valence electrons. The summed E-state index contributed by atoms with van der Waals surface area (Å²) in [6.45, 7) is 7.79. The minimum absolute atomic E-state index is 0.0820. The molecule has 0 bridgehead atoms. The molecule has 0 fully saturated rings. The van der Waals surface area contributed by atoms with Gasteiger partial charge in [-0.05, 0) is 31.4 Å². The molecule has 0 spiro atoms. The zero-order valence-electron chi connectivity index (χ0n) is 10.7. The number of aromatic hydroxyl groups is 1. The van der Waals surface area contributed by atoms with Gasteiger partial charge in [-0.2, -0.15) is 0 Å². The van der Waals surface area contributed by atoms with E-state index in [1.54, 1.807) is 12.1 Å². The van der Waals surface area contributed by atoms with Crippen LogP contribution in [0.3, 0.4) is 0 Å². The summed E-state index contributed by atoms with van der Waals surface area (Å²) in [6.07, 6.45) is 0. The molecular formula is C13H20N2O2. The first-order valence-corrected chi connectivity index (χ1v) is 5.80. The fourth-order valence-corrected chi connectivity index (χ4v) is 1.54. The van der Waals surface area contributed by atoms with Gasteiger partial charge in [-0.25, -0.2) is 4.79 Å². The number of rotatable bonds is 3. The van der Waals surface area contributed by atoms with E-state index in [2.05, 4.69) is 10.6 Å². The zero-order valence-corrected chi connectivity index (χ0v) is 10.7. The number of amides is 2. The normalized spacial score (nSPS) is 10.7. The van der Waals surface area contributed by atoms with Crippen LogP contribution in [0.4, 0.5) is 10.5 Å². The quantitative estimate of drug-likeness (QED) is 0.755. The highest BCUT2D eigenvalue weighted by Crippen LogP contribution is 2.28. The molecule has 1 aromatic carbocycles. The van der Waals surface area contributed by atoms with Gasteiger partial charge in [-0.1, -0.05) is 19.9 Å². The van der Waals surface area contributed by atoms with Crippen LogP contribution < -0.4 is 10.6 Å². The van der Waals surface area contributed by atoms with E-state index in [-0.39, 0.29) is 23.7 Å². The van der Waals surface area contributed by atoms with E-state index >= 15 is 0 Å². The molecular weight excluding hydrogens is 216 g/mol. The summed E-state index contributed by atoms with van der Waals surface area (Å²) in [6, 6.07) is 4.99. The lowest BCUT2D eigenvalue weighted by Gasteiger charge is -2.12. The van der Waals surface area contributed by atoms with Crippen LogP contribution in [0.5, 0.6) is 5.75 Å². The highest BCUT2D eigenvalue weighted by Gasteiger charge is 2.08. The van der Waals surface area contributed by atoms with Crippen molar-refractivity contribution in [1.29, 1.82) is 0 Å². The number of anilines is 1. The molecule has 0 unspecified atom stereocenters. The van der Waals surface area contributed by atoms with Crippen molar-refractivity contribution in [2.75, 3.05) is 5.32 Å². The minimum Gasteiger partial charge on any atom is -0.508 e. The molecule has 0 saturated carbocycles. The number of nitrogens with one attached hydrogen (secondary N) is 2. The van der Waals surface area contributed by atoms with Crippen LogP contribution in [0.2, 0.25) is 0 Å². The summed E-state index contributed by atoms with van der Waals surface area (Å²) in [5, 5.41) is 15.2. The van der Waals surface area contributed by atoms with Crippen LogP contribution in [0.25, 0.3) is 0 Å². The van der Waals surface area contributed by atoms with E-state index in [4.69, 9.17) is 0 Å². The number of phenols is 1. The lowest BCUT2D eigenvalue weighted by Crippen LogP contribution is -2.34. The molecule has 0 aromatic heterocycles. The first-order valence-electron chi connectivity index (χ1n) is 5.80. The van der Waals surface area contributed by atoms with Crippen molar-refractivity contribution in [1.82, 2.24) is 5.32 Å². The Balaban J connectivity index is 2.74. The largest absolute Gasteiger partial charge is 0.508 e. The van der Waals surface area contributed by atoms with Crippen molar-refractivity contribution in [2.24, 2.45) is 0 Å². The summed E-state index contributed by atoms with van der Waals surface area (Å²) in [5.74, 6) is 0.468. The van der Waals surface area contributed by atoms with Crippen molar-refractivity contribution in [3.05, 3.63) is 23.8 Å². The molecule has 0 aliphatic heterocycles. The molecule has 17 heavy (non-hydrogen) atoms. The summed E-state index contributed by atoms with van der Waals surface area (Å²) in [4.78, 5) is 11.4. The average Bonchev–Trinajstić information content (AvgIpc) is 2.15. The number of benzene rings is 1. The monoisotopic (exact) mass is 236 g/mol. The molecule has 1 aromatic rings. The Hall–Kier alpha value is -1.71. The van der Waals surface area contributed by atoms with Gasteiger partial charge in [0.1, 0.15) is 5.75 Å². The van der Waals surface area contributed by atoms with Crippen LogP contribution in [0, 0.1) is 0 Å². The number of carbonyl (C=O) groups excluding carboxylic acids is 1. The van der Waals surface area contributed by atoms with Gasteiger partial charge in [-0.15, -0.1) is 0 Å². The van der Waals surface area contributed by atoms with Gasteiger partial charge in [0.05, 0.1) is 0 Å². The van der Waals surface area contributed by atoms with E-state index in [0.717, 1.165) is 5.56 Å². The molecule has 2 amide bonds. The standard InChI is InChI=1S/C13H20N2O2/c1-8(2)11-6-5-10(7-12(11)16)15-13(17)14-9(3)4/h5-9,16H,1-4H3,(H2,14,15,17). The van der Waals surface area contributed by atoms with Crippen LogP contribution in [0.15, 0.2) is 18.2 Å². The first kappa shape index (κ1) is 13.4. The van der Waals surface area contributed by atoms with E-state index in [1.165, 1.54) is 0 Å². The van der Waals surface area contributed by atoms with Crippen molar-refractivity contribution in [3.63, 3.8) is 0 Å². The lowest BCUT2D eigenvalue weighted by molar-refractivity contribution is 0.250. The van der Waals surface area contributed by atoms with E-state index in [0.29, 0.717) is 5.69 Å². The second-order valence-corrected chi connectivity index (χ2v) is 4.68. The van der Waals surface area contributed by atoms with Gasteiger partial charge in [0.25, 0.3) is 0 Å². The van der Waals surface area contributed by atoms with Crippen molar-refractivity contribution < 1.29 is 9.90 Å². The average molecular weight is 236 g/mol. The van der Waals surface area contributed by atoms with Gasteiger partial charge in [-0.3, -0.25) is 0 Å². The SMILES string of the molecule is CC(C)NC(=O)Nc1ccc(C(C)C)c(O)c1. The predicted octanol–water partition coefficient (Wildman–Crippen LogP) is 3.05. The highest BCUT2D eigenvalue weighted by molar-refractivity contribution is 5.89. The highest BCUT2D eigenvalue weighted by atomic mass is 16.3. The molecule has 0 saturated heterocycles. The molecule has 0 aliphatic carbocycles. The van der Waals surface area contributed by atoms with Crippen molar-refractivity contribution in [3.8, 4) is 5.75 Å². The second-order valence-electron chi connectivity index (χ2n) is 4.68. The van der Waals surface area contributed by atoms with E-state index in [1.807, 2.05) is 33.8 Å². The predicted molar refractivity (Wildman–Crippen MR) is 69.5 cm³/mol. The number of hydrogen-bond acceptors (Lipinski definition) is 2. The first-order chi connectivity index (χ1) is 7.90. The fourth-order valence-electron chi connectivity index (χ4n) is 1.54. The Bertz CT molecular complexity index is 400. The van der Waals surface area contributed by atoms with Gasteiger partial charge in [0.2, 0.25) is 0 Å². The van der Waals surface area contributed by atoms with E-state index < -0.39 is 0 Å². The molecule has 0 aliphatic rings. The third-order valence-electron chi connectivity index (χ3n) is 2.33. The minimum atomic E-state index is -0.267. The van der Waals surface area contributed by atoms with Crippen LogP contribution in [-0.4, -0.2) is 17.2 Å². The Morgan fingerprint density at radius 3 is 2.35 bits per heavy atom. The number of urea groups is 1. The maximum Gasteiger partial charge on any atom is 0.319 e. The maximum atomic E-state index is 11.4. The maximum absolute atomic E-state index is 11.4.